The molecule has 0 spiro atoms. The second-order valence-electron chi connectivity index (χ2n) is 6.60. The van der Waals surface area contributed by atoms with Crippen molar-refractivity contribution in [3.63, 3.8) is 0 Å². The molecule has 0 saturated heterocycles. The van der Waals surface area contributed by atoms with Crippen molar-refractivity contribution in [3.05, 3.63) is 98.5 Å². The molecule has 0 aromatic heterocycles. The maximum atomic E-state index is 13.4. The number of carbonyl (C=O) groups excluding carboxylic acids is 1. The third-order valence-electron chi connectivity index (χ3n) is 4.56. The number of benzene rings is 3. The zero-order valence-electron chi connectivity index (χ0n) is 15.3. The lowest BCUT2D eigenvalue weighted by molar-refractivity contribution is 0.101. The smallest absolute Gasteiger partial charge is 0.231 e. The van der Waals surface area contributed by atoms with Crippen LogP contribution in [0.4, 0.5) is 4.39 Å². The number of ketones is 1. The molecule has 4 rings (SSSR count). The van der Waals surface area contributed by atoms with Crippen molar-refractivity contribution in [1.29, 1.82) is 0 Å². The average molecular weight is 429 g/mol. The second-order valence-corrected chi connectivity index (χ2v) is 7.41. The zero-order chi connectivity index (χ0) is 20.5. The van der Waals surface area contributed by atoms with Gasteiger partial charge in [0.15, 0.2) is 5.76 Å². The predicted octanol–water partition coefficient (Wildman–Crippen LogP) is 6.64. The number of Topliss-reactive ketones (excluding diaryl/α,β-unsaturated/α-hetero) is 1. The summed E-state index contributed by atoms with van der Waals surface area (Å²) in [5, 5.41) is 0.938. The molecule has 1 aliphatic heterocycles. The predicted molar refractivity (Wildman–Crippen MR) is 111 cm³/mol. The minimum atomic E-state index is -0.378. The SMILES string of the molecule is Cc1c(OCc2ccc(Cl)c(Cl)c2)ccc2c1O/C(=C\c1cccc(F)c1)C2=O. The van der Waals surface area contributed by atoms with Crippen LogP contribution < -0.4 is 9.47 Å². The van der Waals surface area contributed by atoms with E-state index >= 15 is 0 Å². The van der Waals surface area contributed by atoms with Crippen LogP contribution in [-0.2, 0) is 6.61 Å². The molecule has 0 saturated carbocycles. The first kappa shape index (κ1) is 19.5. The molecule has 0 fully saturated rings. The second kappa shape index (κ2) is 7.90. The van der Waals surface area contributed by atoms with E-state index in [4.69, 9.17) is 32.7 Å². The quantitative estimate of drug-likeness (QED) is 0.437. The minimum Gasteiger partial charge on any atom is -0.488 e. The Balaban J connectivity index is 1.57. The lowest BCUT2D eigenvalue weighted by atomic mass is 10.1. The molecule has 0 bridgehead atoms. The van der Waals surface area contributed by atoms with Gasteiger partial charge in [-0.3, -0.25) is 4.79 Å². The summed E-state index contributed by atoms with van der Waals surface area (Å²) >= 11 is 12.0. The largest absolute Gasteiger partial charge is 0.488 e. The summed E-state index contributed by atoms with van der Waals surface area (Å²) in [6.45, 7) is 2.11. The number of rotatable bonds is 4. The zero-order valence-corrected chi connectivity index (χ0v) is 16.9. The van der Waals surface area contributed by atoms with Gasteiger partial charge in [0.1, 0.15) is 23.9 Å². The van der Waals surface area contributed by atoms with E-state index in [9.17, 15) is 9.18 Å². The Hall–Kier alpha value is -2.82. The van der Waals surface area contributed by atoms with Crippen LogP contribution >= 0.6 is 23.2 Å². The van der Waals surface area contributed by atoms with Gasteiger partial charge >= 0.3 is 0 Å². The van der Waals surface area contributed by atoms with Gasteiger partial charge in [-0.15, -0.1) is 0 Å². The Morgan fingerprint density at radius 3 is 2.66 bits per heavy atom. The first-order chi connectivity index (χ1) is 13.9. The summed E-state index contributed by atoms with van der Waals surface area (Å²) in [7, 11) is 0. The Morgan fingerprint density at radius 2 is 1.90 bits per heavy atom. The van der Waals surface area contributed by atoms with Crippen molar-refractivity contribution in [1.82, 2.24) is 0 Å². The van der Waals surface area contributed by atoms with Crippen molar-refractivity contribution >= 4 is 35.1 Å². The topological polar surface area (TPSA) is 35.5 Å². The summed E-state index contributed by atoms with van der Waals surface area (Å²) in [4.78, 5) is 12.6. The standard InChI is InChI=1S/C23H15Cl2FO3/c1-13-20(28-12-15-5-7-18(24)19(25)10-15)8-6-17-22(27)21(29-23(13)17)11-14-3-2-4-16(26)9-14/h2-11H,12H2,1H3/b21-11-. The van der Waals surface area contributed by atoms with Crippen LogP contribution in [-0.4, -0.2) is 5.78 Å². The molecule has 3 nitrogen and oxygen atoms in total. The lowest BCUT2D eigenvalue weighted by Gasteiger charge is -2.12. The fraction of sp³-hybridized carbons (Fsp3) is 0.0870. The van der Waals surface area contributed by atoms with E-state index in [0.717, 1.165) is 5.56 Å². The summed E-state index contributed by atoms with van der Waals surface area (Å²) in [5.41, 5.74) is 2.57. The monoisotopic (exact) mass is 428 g/mol. The van der Waals surface area contributed by atoms with Gasteiger partial charge in [0.05, 0.1) is 15.6 Å². The summed E-state index contributed by atoms with van der Waals surface area (Å²) in [6.07, 6.45) is 1.53. The highest BCUT2D eigenvalue weighted by atomic mass is 35.5. The van der Waals surface area contributed by atoms with E-state index in [1.165, 1.54) is 18.2 Å². The summed E-state index contributed by atoms with van der Waals surface area (Å²) in [5.74, 6) is 0.564. The molecule has 1 aliphatic rings. The van der Waals surface area contributed by atoms with Gasteiger partial charge in [-0.2, -0.15) is 0 Å². The number of ether oxygens (including phenoxy) is 2. The van der Waals surface area contributed by atoms with Crippen LogP contribution in [0.5, 0.6) is 11.5 Å². The molecule has 0 unspecified atom stereocenters. The lowest BCUT2D eigenvalue weighted by Crippen LogP contribution is -1.98. The molecular weight excluding hydrogens is 414 g/mol. The fourth-order valence-electron chi connectivity index (χ4n) is 3.06. The van der Waals surface area contributed by atoms with Crippen molar-refractivity contribution in [2.24, 2.45) is 0 Å². The number of hydrogen-bond acceptors (Lipinski definition) is 3. The van der Waals surface area contributed by atoms with Gasteiger partial charge in [0.25, 0.3) is 0 Å². The van der Waals surface area contributed by atoms with E-state index in [1.54, 1.807) is 36.4 Å². The van der Waals surface area contributed by atoms with E-state index in [2.05, 4.69) is 0 Å². The molecule has 0 atom stereocenters. The Labute approximate surface area is 177 Å². The Kier molecular flexibility index (Phi) is 5.31. The molecule has 1 heterocycles. The number of fused-ring (bicyclic) bond motifs is 1. The number of carbonyl (C=O) groups is 1. The van der Waals surface area contributed by atoms with Crippen molar-refractivity contribution in [2.75, 3.05) is 0 Å². The molecular formula is C23H15Cl2FO3. The van der Waals surface area contributed by atoms with Gasteiger partial charge < -0.3 is 9.47 Å². The molecule has 29 heavy (non-hydrogen) atoms. The highest BCUT2D eigenvalue weighted by Gasteiger charge is 2.30. The maximum absolute atomic E-state index is 13.4. The number of halogens is 3. The first-order valence-corrected chi connectivity index (χ1v) is 9.58. The van der Waals surface area contributed by atoms with Crippen LogP contribution in [0.3, 0.4) is 0 Å². The van der Waals surface area contributed by atoms with Crippen LogP contribution in [0.1, 0.15) is 27.0 Å². The molecule has 6 heteroatoms. The molecule has 0 radical (unpaired) electrons. The average Bonchev–Trinajstić information content (AvgIpc) is 3.00. The minimum absolute atomic E-state index is 0.148. The van der Waals surface area contributed by atoms with Gasteiger partial charge in [-0.1, -0.05) is 41.4 Å². The molecule has 0 aliphatic carbocycles. The normalized spacial score (nSPS) is 14.1. The molecule has 0 amide bonds. The van der Waals surface area contributed by atoms with Crippen LogP contribution in [0.2, 0.25) is 10.0 Å². The van der Waals surface area contributed by atoms with Gasteiger partial charge in [-0.25, -0.2) is 4.39 Å². The van der Waals surface area contributed by atoms with Gasteiger partial charge in [0.2, 0.25) is 5.78 Å². The van der Waals surface area contributed by atoms with E-state index in [1.807, 2.05) is 13.0 Å². The molecule has 3 aromatic carbocycles. The molecule has 0 N–H and O–H groups in total. The maximum Gasteiger partial charge on any atom is 0.231 e. The third kappa shape index (κ3) is 4.00. The Morgan fingerprint density at radius 1 is 1.07 bits per heavy atom. The molecule has 3 aromatic rings. The van der Waals surface area contributed by atoms with Gasteiger partial charge in [-0.05, 0) is 60.5 Å². The van der Waals surface area contributed by atoms with Crippen molar-refractivity contribution in [2.45, 2.75) is 13.5 Å². The summed E-state index contributed by atoms with van der Waals surface area (Å²) < 4.78 is 25.1. The Bertz CT molecular complexity index is 1150. The number of allylic oxidation sites excluding steroid dienone is 1. The highest BCUT2D eigenvalue weighted by Crippen LogP contribution is 2.39. The van der Waals surface area contributed by atoms with Crippen LogP contribution in [0, 0.1) is 12.7 Å². The van der Waals surface area contributed by atoms with Crippen molar-refractivity contribution < 1.29 is 18.7 Å². The van der Waals surface area contributed by atoms with E-state index in [-0.39, 0.29) is 24.0 Å². The van der Waals surface area contributed by atoms with Crippen LogP contribution in [0.25, 0.3) is 6.08 Å². The van der Waals surface area contributed by atoms with Gasteiger partial charge in [0, 0.05) is 5.56 Å². The fourth-order valence-corrected chi connectivity index (χ4v) is 3.38. The number of hydrogen-bond donors (Lipinski definition) is 0. The third-order valence-corrected chi connectivity index (χ3v) is 5.30. The van der Waals surface area contributed by atoms with E-state index < -0.39 is 0 Å². The summed E-state index contributed by atoms with van der Waals surface area (Å²) in [6, 6.07) is 14.6. The van der Waals surface area contributed by atoms with Crippen LogP contribution in [0.15, 0.2) is 60.4 Å². The van der Waals surface area contributed by atoms with E-state index in [0.29, 0.717) is 38.2 Å². The molecule has 146 valence electrons. The first-order valence-electron chi connectivity index (χ1n) is 8.82. The van der Waals surface area contributed by atoms with Crippen molar-refractivity contribution in [3.8, 4) is 11.5 Å². The highest BCUT2D eigenvalue weighted by molar-refractivity contribution is 6.42.